The Morgan fingerprint density at radius 3 is 2.62 bits per heavy atom. The molecule has 1 unspecified atom stereocenters. The van der Waals surface area contributed by atoms with Gasteiger partial charge < -0.3 is 15.4 Å². The number of hydrogen-bond acceptors (Lipinski definition) is 5. The predicted octanol–water partition coefficient (Wildman–Crippen LogP) is 0.512. The van der Waals surface area contributed by atoms with Crippen LogP contribution in [0.15, 0.2) is 17.1 Å². The number of carbonyl (C=O) groups excluding carboxylic acids is 1. The third kappa shape index (κ3) is 3.88. The van der Waals surface area contributed by atoms with E-state index in [0.29, 0.717) is 6.42 Å². The van der Waals surface area contributed by atoms with E-state index in [1.54, 1.807) is 13.8 Å². The van der Waals surface area contributed by atoms with Crippen molar-refractivity contribution in [3.63, 3.8) is 0 Å². The van der Waals surface area contributed by atoms with Gasteiger partial charge in [-0.1, -0.05) is 20.3 Å². The third-order valence-electron chi connectivity index (χ3n) is 3.11. The molecule has 0 saturated carbocycles. The van der Waals surface area contributed by atoms with Crippen LogP contribution in [0.25, 0.3) is 0 Å². The zero-order valence-electron chi connectivity index (χ0n) is 11.5. The second kappa shape index (κ2) is 6.64. The van der Waals surface area contributed by atoms with E-state index < -0.39 is 39.7 Å². The summed E-state index contributed by atoms with van der Waals surface area (Å²) in [6, 6.07) is -0.370. The third-order valence-corrected chi connectivity index (χ3v) is 3.11. The lowest BCUT2D eigenvalue weighted by Gasteiger charge is -2.19. The SMILES string of the molecule is CCC(C)[C@H](NC(=O)c1cc([N+](=O)[O-])c[nH]c1=O)C(=O)O. The monoisotopic (exact) mass is 297 g/mol. The maximum atomic E-state index is 12.0. The van der Waals surface area contributed by atoms with Crippen molar-refractivity contribution in [1.82, 2.24) is 10.3 Å². The van der Waals surface area contributed by atoms with E-state index in [9.17, 15) is 24.5 Å². The van der Waals surface area contributed by atoms with E-state index in [0.717, 1.165) is 12.3 Å². The van der Waals surface area contributed by atoms with E-state index in [-0.39, 0.29) is 5.92 Å². The van der Waals surface area contributed by atoms with E-state index in [1.807, 2.05) is 0 Å². The molecular weight excluding hydrogens is 282 g/mol. The van der Waals surface area contributed by atoms with Crippen molar-refractivity contribution in [3.8, 4) is 0 Å². The molecule has 0 spiro atoms. The first-order valence-electron chi connectivity index (χ1n) is 6.18. The molecule has 3 N–H and O–H groups in total. The number of nitrogens with one attached hydrogen (secondary N) is 2. The number of pyridine rings is 1. The lowest BCUT2D eigenvalue weighted by Crippen LogP contribution is -2.46. The van der Waals surface area contributed by atoms with Crippen molar-refractivity contribution >= 4 is 17.6 Å². The van der Waals surface area contributed by atoms with Gasteiger partial charge in [0, 0.05) is 6.07 Å². The van der Waals surface area contributed by atoms with Crippen molar-refractivity contribution in [2.24, 2.45) is 5.92 Å². The van der Waals surface area contributed by atoms with Crippen LogP contribution in [-0.4, -0.2) is 32.9 Å². The molecule has 1 rings (SSSR count). The molecular formula is C12H15N3O6. The van der Waals surface area contributed by atoms with E-state index in [4.69, 9.17) is 5.11 Å². The summed E-state index contributed by atoms with van der Waals surface area (Å²) in [5.74, 6) is -2.56. The molecule has 0 bridgehead atoms. The first-order chi connectivity index (χ1) is 9.77. The van der Waals surface area contributed by atoms with E-state index >= 15 is 0 Å². The van der Waals surface area contributed by atoms with Gasteiger partial charge in [-0.15, -0.1) is 0 Å². The number of aromatic nitrogens is 1. The minimum absolute atomic E-state index is 0.357. The predicted molar refractivity (Wildman–Crippen MR) is 72.1 cm³/mol. The molecule has 114 valence electrons. The number of hydrogen-bond donors (Lipinski definition) is 3. The molecule has 1 aromatic heterocycles. The molecule has 1 amide bonds. The Morgan fingerprint density at radius 1 is 1.52 bits per heavy atom. The van der Waals surface area contributed by atoms with Crippen molar-refractivity contribution in [2.75, 3.05) is 0 Å². The Labute approximate surface area is 119 Å². The summed E-state index contributed by atoms with van der Waals surface area (Å²) in [4.78, 5) is 46.5. The number of amides is 1. The molecule has 0 saturated heterocycles. The van der Waals surface area contributed by atoms with Crippen molar-refractivity contribution in [2.45, 2.75) is 26.3 Å². The van der Waals surface area contributed by atoms with Crippen LogP contribution in [0.3, 0.4) is 0 Å². The van der Waals surface area contributed by atoms with Gasteiger partial charge in [0.1, 0.15) is 11.6 Å². The molecule has 2 atom stereocenters. The van der Waals surface area contributed by atoms with Gasteiger partial charge in [-0.2, -0.15) is 0 Å². The van der Waals surface area contributed by atoms with E-state index in [1.165, 1.54) is 0 Å². The summed E-state index contributed by atoms with van der Waals surface area (Å²) >= 11 is 0. The highest BCUT2D eigenvalue weighted by Gasteiger charge is 2.27. The fraction of sp³-hybridized carbons (Fsp3) is 0.417. The quantitative estimate of drug-likeness (QED) is 0.515. The summed E-state index contributed by atoms with van der Waals surface area (Å²) in [5, 5.41) is 21.9. The van der Waals surface area contributed by atoms with Gasteiger partial charge in [0.2, 0.25) is 0 Å². The highest BCUT2D eigenvalue weighted by Crippen LogP contribution is 2.11. The van der Waals surface area contributed by atoms with Gasteiger partial charge in [-0.3, -0.25) is 19.7 Å². The molecule has 21 heavy (non-hydrogen) atoms. The van der Waals surface area contributed by atoms with Gasteiger partial charge >= 0.3 is 5.97 Å². The standard InChI is InChI=1S/C12H15N3O6/c1-3-6(2)9(12(18)19)14-11(17)8-4-7(15(20)21)5-13-10(8)16/h4-6,9H,3H2,1-2H3,(H,13,16)(H,14,17)(H,18,19)/t6?,9-/m0/s1. The van der Waals surface area contributed by atoms with Crippen LogP contribution < -0.4 is 10.9 Å². The van der Waals surface area contributed by atoms with Crippen LogP contribution in [0.4, 0.5) is 5.69 Å². The Morgan fingerprint density at radius 2 is 2.14 bits per heavy atom. The molecule has 0 aromatic carbocycles. The molecule has 1 aromatic rings. The second-order valence-corrected chi connectivity index (χ2v) is 4.53. The number of nitro groups is 1. The number of aromatic amines is 1. The number of carboxylic acid groups (broad SMARTS) is 1. The van der Waals surface area contributed by atoms with Crippen LogP contribution in [-0.2, 0) is 4.79 Å². The van der Waals surface area contributed by atoms with Crippen molar-refractivity contribution in [3.05, 3.63) is 38.3 Å². The molecule has 0 radical (unpaired) electrons. The number of rotatable bonds is 6. The second-order valence-electron chi connectivity index (χ2n) is 4.53. The Kier molecular flexibility index (Phi) is 5.17. The number of carbonyl (C=O) groups is 2. The van der Waals surface area contributed by atoms with Crippen molar-refractivity contribution < 1.29 is 19.6 Å². The maximum absolute atomic E-state index is 12.0. The minimum Gasteiger partial charge on any atom is -0.480 e. The zero-order chi connectivity index (χ0) is 16.2. The molecule has 9 nitrogen and oxygen atoms in total. The van der Waals surface area contributed by atoms with Crippen molar-refractivity contribution in [1.29, 1.82) is 0 Å². The molecule has 0 aliphatic rings. The average molecular weight is 297 g/mol. The first-order valence-corrected chi connectivity index (χ1v) is 6.18. The Balaban J connectivity index is 3.08. The van der Waals surface area contributed by atoms with Gasteiger partial charge in [0.15, 0.2) is 0 Å². The van der Waals surface area contributed by atoms with Gasteiger partial charge in [-0.05, 0) is 5.92 Å². The molecule has 1 heterocycles. The first kappa shape index (κ1) is 16.3. The zero-order valence-corrected chi connectivity index (χ0v) is 11.5. The Bertz CT molecular complexity index is 624. The van der Waals surface area contributed by atoms with Gasteiger partial charge in [0.05, 0.1) is 11.1 Å². The highest BCUT2D eigenvalue weighted by atomic mass is 16.6. The lowest BCUT2D eigenvalue weighted by atomic mass is 9.99. The van der Waals surface area contributed by atoms with Crippen LogP contribution in [0.1, 0.15) is 30.6 Å². The largest absolute Gasteiger partial charge is 0.480 e. The maximum Gasteiger partial charge on any atom is 0.326 e. The lowest BCUT2D eigenvalue weighted by molar-refractivity contribution is -0.385. The number of nitrogens with zero attached hydrogens (tertiary/aromatic N) is 1. The summed E-state index contributed by atoms with van der Waals surface area (Å²) in [5.41, 5.74) is -1.79. The fourth-order valence-electron chi connectivity index (χ4n) is 1.65. The fourth-order valence-corrected chi connectivity index (χ4v) is 1.65. The normalized spacial score (nSPS) is 13.2. The van der Waals surface area contributed by atoms with Gasteiger partial charge in [0.25, 0.3) is 17.2 Å². The topological polar surface area (TPSA) is 142 Å². The van der Waals surface area contributed by atoms with Crippen LogP contribution in [0.5, 0.6) is 0 Å². The summed E-state index contributed by atoms with van der Waals surface area (Å²) < 4.78 is 0. The van der Waals surface area contributed by atoms with Gasteiger partial charge in [-0.25, -0.2) is 4.79 Å². The average Bonchev–Trinajstić information content (AvgIpc) is 2.43. The highest BCUT2D eigenvalue weighted by molar-refractivity contribution is 5.96. The summed E-state index contributed by atoms with van der Waals surface area (Å²) in [7, 11) is 0. The van der Waals surface area contributed by atoms with Crippen LogP contribution in [0, 0.1) is 16.0 Å². The number of H-pyrrole nitrogens is 1. The minimum atomic E-state index is -1.24. The molecule has 0 fully saturated rings. The summed E-state index contributed by atoms with van der Waals surface area (Å²) in [6.07, 6.45) is 1.37. The number of carboxylic acids is 1. The van der Waals surface area contributed by atoms with Crippen LogP contribution in [0.2, 0.25) is 0 Å². The Hall–Kier alpha value is -2.71. The molecule has 0 aliphatic heterocycles. The summed E-state index contributed by atoms with van der Waals surface area (Å²) in [6.45, 7) is 3.39. The van der Waals surface area contributed by atoms with E-state index in [2.05, 4.69) is 10.3 Å². The molecule has 9 heteroatoms. The molecule has 0 aliphatic carbocycles. The number of aliphatic carboxylic acids is 1. The van der Waals surface area contributed by atoms with Crippen LogP contribution >= 0.6 is 0 Å². The smallest absolute Gasteiger partial charge is 0.326 e.